The van der Waals surface area contributed by atoms with E-state index in [9.17, 15) is 13.5 Å². The molecule has 2 N–H and O–H groups in total. The first-order chi connectivity index (χ1) is 7.97. The Hall–Kier alpha value is -2.09. The predicted octanol–water partition coefficient (Wildman–Crippen LogP) is 0.884. The molecule has 0 spiro atoms. The first-order valence-electron chi connectivity index (χ1n) is 4.59. The second-order valence-electron chi connectivity index (χ2n) is 3.25. The van der Waals surface area contributed by atoms with Crippen molar-refractivity contribution in [2.45, 2.75) is 11.8 Å². The van der Waals surface area contributed by atoms with E-state index in [4.69, 9.17) is 0 Å². The molecule has 1 aromatic carbocycles. The number of aromatic hydroxyl groups is 1. The number of hydrogen-bond acceptors (Lipinski definition) is 6. The Balaban J connectivity index is 2.31. The molecule has 90 valence electrons. The van der Waals surface area contributed by atoms with Gasteiger partial charge in [0.05, 0.1) is 4.90 Å². The average Bonchev–Trinajstić information content (AvgIpc) is 2.63. The summed E-state index contributed by atoms with van der Waals surface area (Å²) in [5, 5.41) is 12.7. The molecule has 0 unspecified atom stereocenters. The lowest BCUT2D eigenvalue weighted by atomic mass is 10.3. The van der Waals surface area contributed by atoms with Crippen LogP contribution in [0.1, 0.15) is 5.82 Å². The van der Waals surface area contributed by atoms with Crippen molar-refractivity contribution >= 4 is 16.0 Å². The average molecular weight is 255 g/mol. The van der Waals surface area contributed by atoms with Crippen LogP contribution in [0.4, 0.5) is 6.01 Å². The van der Waals surface area contributed by atoms with Crippen molar-refractivity contribution in [3.05, 3.63) is 30.1 Å². The van der Waals surface area contributed by atoms with Gasteiger partial charge in [0, 0.05) is 6.07 Å². The molecule has 2 rings (SSSR count). The van der Waals surface area contributed by atoms with Crippen LogP contribution < -0.4 is 4.72 Å². The highest BCUT2D eigenvalue weighted by Crippen LogP contribution is 2.18. The zero-order valence-corrected chi connectivity index (χ0v) is 9.60. The molecule has 0 saturated carbocycles. The maximum absolute atomic E-state index is 11.8. The fraction of sp³-hybridized carbons (Fsp3) is 0.111. The maximum atomic E-state index is 11.8. The molecule has 17 heavy (non-hydrogen) atoms. The molecule has 0 aliphatic rings. The molecular formula is C9H9N3O4S. The Labute approximate surface area is 97.1 Å². The molecule has 0 saturated heterocycles. The topological polar surface area (TPSA) is 105 Å². The smallest absolute Gasteiger partial charge is 0.335 e. The van der Waals surface area contributed by atoms with Crippen molar-refractivity contribution in [2.24, 2.45) is 0 Å². The molecule has 1 aromatic heterocycles. The van der Waals surface area contributed by atoms with E-state index in [0.29, 0.717) is 5.82 Å². The molecule has 2 aromatic rings. The zero-order chi connectivity index (χ0) is 12.5. The van der Waals surface area contributed by atoms with Crippen LogP contribution in [-0.2, 0) is 10.0 Å². The summed E-state index contributed by atoms with van der Waals surface area (Å²) in [6, 6.07) is 5.03. The number of phenols is 1. The minimum absolute atomic E-state index is 0.0895. The van der Waals surface area contributed by atoms with Crippen LogP contribution >= 0.6 is 0 Å². The van der Waals surface area contributed by atoms with Crippen molar-refractivity contribution in [3.63, 3.8) is 0 Å². The minimum atomic E-state index is -3.83. The molecular weight excluding hydrogens is 246 g/mol. The summed E-state index contributed by atoms with van der Waals surface area (Å²) in [4.78, 5) is 3.62. The van der Waals surface area contributed by atoms with Crippen molar-refractivity contribution in [1.82, 2.24) is 10.1 Å². The third-order valence-corrected chi connectivity index (χ3v) is 3.20. The van der Waals surface area contributed by atoms with Crippen LogP contribution in [0, 0.1) is 6.92 Å². The zero-order valence-electron chi connectivity index (χ0n) is 8.78. The molecule has 1 heterocycles. The van der Waals surface area contributed by atoms with Crippen LogP contribution in [0.25, 0.3) is 0 Å². The lowest BCUT2D eigenvalue weighted by Gasteiger charge is -2.03. The number of phenolic OH excluding ortho intramolecular Hbond substituents is 1. The highest BCUT2D eigenvalue weighted by molar-refractivity contribution is 7.92. The molecule has 0 amide bonds. The fourth-order valence-electron chi connectivity index (χ4n) is 1.16. The van der Waals surface area contributed by atoms with Crippen LogP contribution in [0.3, 0.4) is 0 Å². The second-order valence-corrected chi connectivity index (χ2v) is 4.93. The van der Waals surface area contributed by atoms with Gasteiger partial charge in [0.1, 0.15) is 5.75 Å². The number of aromatic nitrogens is 2. The Morgan fingerprint density at radius 1 is 1.41 bits per heavy atom. The first kappa shape index (κ1) is 11.4. The van der Waals surface area contributed by atoms with Gasteiger partial charge >= 0.3 is 6.01 Å². The Bertz CT molecular complexity index is 635. The molecule has 0 aliphatic heterocycles. The number of hydrogen-bond donors (Lipinski definition) is 2. The third-order valence-electron chi connectivity index (χ3n) is 1.88. The summed E-state index contributed by atoms with van der Waals surface area (Å²) < 4.78 is 30.4. The highest BCUT2D eigenvalue weighted by Gasteiger charge is 2.17. The van der Waals surface area contributed by atoms with E-state index in [2.05, 4.69) is 19.4 Å². The number of aryl methyl sites for hydroxylation is 1. The van der Waals surface area contributed by atoms with Gasteiger partial charge in [-0.25, -0.2) is 13.1 Å². The summed E-state index contributed by atoms with van der Waals surface area (Å²) in [6.45, 7) is 1.57. The summed E-state index contributed by atoms with van der Waals surface area (Å²) in [5.74, 6) is 0.174. The van der Waals surface area contributed by atoms with E-state index in [1.807, 2.05) is 0 Å². The van der Waals surface area contributed by atoms with Crippen LogP contribution in [0.15, 0.2) is 33.7 Å². The lowest BCUT2D eigenvalue weighted by Crippen LogP contribution is -2.13. The van der Waals surface area contributed by atoms with Gasteiger partial charge in [-0.15, -0.1) is 0 Å². The molecule has 7 nitrogen and oxygen atoms in total. The predicted molar refractivity (Wildman–Crippen MR) is 58.0 cm³/mol. The molecule has 8 heteroatoms. The first-order valence-corrected chi connectivity index (χ1v) is 6.08. The monoisotopic (exact) mass is 255 g/mol. The van der Waals surface area contributed by atoms with Crippen molar-refractivity contribution in [2.75, 3.05) is 4.72 Å². The van der Waals surface area contributed by atoms with Gasteiger partial charge in [0.15, 0.2) is 5.82 Å². The second kappa shape index (κ2) is 4.06. The van der Waals surface area contributed by atoms with Gasteiger partial charge in [0.2, 0.25) is 0 Å². The van der Waals surface area contributed by atoms with E-state index in [1.54, 1.807) is 6.92 Å². The van der Waals surface area contributed by atoms with Crippen molar-refractivity contribution in [3.8, 4) is 5.75 Å². The Kier molecular flexibility index (Phi) is 2.72. The van der Waals surface area contributed by atoms with Gasteiger partial charge in [-0.3, -0.25) is 0 Å². The molecule has 0 radical (unpaired) electrons. The van der Waals surface area contributed by atoms with Gasteiger partial charge < -0.3 is 9.63 Å². The summed E-state index contributed by atoms with van der Waals surface area (Å²) in [5.41, 5.74) is 0. The Morgan fingerprint density at radius 2 is 2.18 bits per heavy atom. The van der Waals surface area contributed by atoms with Crippen LogP contribution in [0.5, 0.6) is 5.75 Å². The number of nitrogens with zero attached hydrogens (tertiary/aromatic N) is 2. The van der Waals surface area contributed by atoms with E-state index in [1.165, 1.54) is 18.2 Å². The summed E-state index contributed by atoms with van der Waals surface area (Å²) in [7, 11) is -3.83. The third kappa shape index (κ3) is 2.53. The number of anilines is 1. The summed E-state index contributed by atoms with van der Waals surface area (Å²) in [6.07, 6.45) is 0. The van der Waals surface area contributed by atoms with Gasteiger partial charge in [-0.2, -0.15) is 4.98 Å². The van der Waals surface area contributed by atoms with Crippen molar-refractivity contribution in [1.29, 1.82) is 0 Å². The SMILES string of the molecule is Cc1noc(NS(=O)(=O)c2cccc(O)c2)n1. The van der Waals surface area contributed by atoms with Gasteiger partial charge in [-0.1, -0.05) is 11.2 Å². The van der Waals surface area contributed by atoms with E-state index < -0.39 is 10.0 Å². The normalized spacial score (nSPS) is 11.4. The number of benzene rings is 1. The fourth-order valence-corrected chi connectivity index (χ4v) is 2.13. The highest BCUT2D eigenvalue weighted by atomic mass is 32.2. The van der Waals surface area contributed by atoms with Gasteiger partial charge in [-0.05, 0) is 19.1 Å². The maximum Gasteiger partial charge on any atom is 0.335 e. The number of sulfonamides is 1. The van der Waals surface area contributed by atoms with Gasteiger partial charge in [0.25, 0.3) is 10.0 Å². The summed E-state index contributed by atoms with van der Waals surface area (Å²) >= 11 is 0. The number of rotatable bonds is 3. The van der Waals surface area contributed by atoms with Crippen molar-refractivity contribution < 1.29 is 18.0 Å². The van der Waals surface area contributed by atoms with E-state index in [-0.39, 0.29) is 16.7 Å². The van der Waals surface area contributed by atoms with E-state index >= 15 is 0 Å². The largest absolute Gasteiger partial charge is 0.508 e. The quantitative estimate of drug-likeness (QED) is 0.843. The van der Waals surface area contributed by atoms with Crippen LogP contribution in [0.2, 0.25) is 0 Å². The number of nitrogens with one attached hydrogen (secondary N) is 1. The van der Waals surface area contributed by atoms with Crippen LogP contribution in [-0.4, -0.2) is 23.7 Å². The standard InChI is InChI=1S/C9H9N3O4S/c1-6-10-9(16-11-6)12-17(14,15)8-4-2-3-7(13)5-8/h2-5,13H,1H3,(H,10,11,12). The molecule has 0 bridgehead atoms. The lowest BCUT2D eigenvalue weighted by molar-refractivity contribution is 0.429. The Morgan fingerprint density at radius 3 is 2.76 bits per heavy atom. The molecule has 0 atom stereocenters. The minimum Gasteiger partial charge on any atom is -0.508 e. The molecule has 0 fully saturated rings. The molecule has 0 aliphatic carbocycles. The van der Waals surface area contributed by atoms with E-state index in [0.717, 1.165) is 6.07 Å².